The minimum Gasteiger partial charge on any atom is -0.497 e. The Bertz CT molecular complexity index is 1230. The minimum atomic E-state index is -0.397. The highest BCUT2D eigenvalue weighted by molar-refractivity contribution is 7.98. The summed E-state index contributed by atoms with van der Waals surface area (Å²) in [5, 5.41) is 11.8. The Labute approximate surface area is 176 Å². The van der Waals surface area contributed by atoms with E-state index in [0.29, 0.717) is 39.2 Å². The number of methoxy groups -OCH3 is 2. The van der Waals surface area contributed by atoms with Crippen molar-refractivity contribution in [3.63, 3.8) is 0 Å². The average molecular weight is 422 g/mol. The summed E-state index contributed by atoms with van der Waals surface area (Å²) in [6.45, 7) is 0. The van der Waals surface area contributed by atoms with Crippen molar-refractivity contribution < 1.29 is 14.3 Å². The van der Waals surface area contributed by atoms with Crippen LogP contribution in [0.3, 0.4) is 0 Å². The number of thioether (sulfide) groups is 1. The van der Waals surface area contributed by atoms with E-state index < -0.39 is 5.91 Å². The molecule has 0 saturated heterocycles. The molecule has 9 nitrogen and oxygen atoms in total. The zero-order valence-corrected chi connectivity index (χ0v) is 17.3. The zero-order chi connectivity index (χ0) is 21.1. The number of fused-ring (bicyclic) bond motifs is 1. The largest absolute Gasteiger partial charge is 0.497 e. The highest BCUT2D eigenvalue weighted by atomic mass is 32.2. The van der Waals surface area contributed by atoms with Crippen LogP contribution in [0.15, 0.2) is 53.8 Å². The van der Waals surface area contributed by atoms with Gasteiger partial charge in [-0.2, -0.15) is 4.68 Å². The second kappa shape index (κ2) is 8.37. The van der Waals surface area contributed by atoms with Gasteiger partial charge in [0.25, 0.3) is 5.91 Å². The zero-order valence-electron chi connectivity index (χ0n) is 16.5. The van der Waals surface area contributed by atoms with Crippen LogP contribution in [0.4, 0.5) is 11.5 Å². The molecule has 152 valence electrons. The van der Waals surface area contributed by atoms with Gasteiger partial charge in [-0.05, 0) is 30.5 Å². The van der Waals surface area contributed by atoms with Crippen LogP contribution in [0, 0.1) is 0 Å². The number of carbonyl (C=O) groups excluding carboxylic acids is 1. The van der Waals surface area contributed by atoms with Crippen LogP contribution in [-0.4, -0.2) is 51.3 Å². The third kappa shape index (κ3) is 3.64. The number of hydrogen-bond donors (Lipinski definition) is 1. The second-order valence-electron chi connectivity index (χ2n) is 6.11. The van der Waals surface area contributed by atoms with Crippen LogP contribution in [0.25, 0.3) is 11.0 Å². The van der Waals surface area contributed by atoms with Crippen LogP contribution in [0.2, 0.25) is 0 Å². The summed E-state index contributed by atoms with van der Waals surface area (Å²) in [6, 6.07) is 12.6. The highest BCUT2D eigenvalue weighted by Gasteiger charge is 2.21. The molecule has 0 bridgehead atoms. The first kappa shape index (κ1) is 19.6. The molecule has 0 spiro atoms. The molecule has 4 aromatic rings. The van der Waals surface area contributed by atoms with Gasteiger partial charge in [-0.1, -0.05) is 29.1 Å². The maximum absolute atomic E-state index is 13.3. The summed E-state index contributed by atoms with van der Waals surface area (Å²) >= 11 is 1.37. The summed E-state index contributed by atoms with van der Waals surface area (Å²) in [7, 11) is 3.14. The van der Waals surface area contributed by atoms with E-state index in [1.807, 2.05) is 18.4 Å². The quantitative estimate of drug-likeness (QED) is 0.370. The highest BCUT2D eigenvalue weighted by Crippen LogP contribution is 2.32. The van der Waals surface area contributed by atoms with Gasteiger partial charge in [-0.3, -0.25) is 4.79 Å². The first-order chi connectivity index (χ1) is 14.6. The van der Waals surface area contributed by atoms with Crippen LogP contribution < -0.4 is 14.8 Å². The molecule has 0 atom stereocenters. The number of carbonyl (C=O) groups is 1. The molecule has 4 rings (SSSR count). The number of ether oxygens (including phenoxy) is 2. The Morgan fingerprint density at radius 1 is 1.13 bits per heavy atom. The number of nitrogens with one attached hydrogen (secondary N) is 1. The lowest BCUT2D eigenvalue weighted by molar-refractivity contribution is 0.0948. The fourth-order valence-corrected chi connectivity index (χ4v) is 3.22. The maximum atomic E-state index is 13.3. The normalized spacial score (nSPS) is 10.8. The Balaban J connectivity index is 1.78. The lowest BCUT2D eigenvalue weighted by Crippen LogP contribution is -2.17. The van der Waals surface area contributed by atoms with Crippen molar-refractivity contribution >= 4 is 40.2 Å². The molecular formula is C20H18N6O3S. The molecule has 0 aliphatic heterocycles. The van der Waals surface area contributed by atoms with E-state index >= 15 is 0 Å². The van der Waals surface area contributed by atoms with Gasteiger partial charge in [-0.15, -0.1) is 5.10 Å². The van der Waals surface area contributed by atoms with Crippen LogP contribution in [0.5, 0.6) is 11.5 Å². The number of aromatic nitrogens is 5. The molecule has 2 aromatic carbocycles. The van der Waals surface area contributed by atoms with Gasteiger partial charge in [-0.25, -0.2) is 9.97 Å². The van der Waals surface area contributed by atoms with Crippen molar-refractivity contribution in [2.24, 2.45) is 0 Å². The maximum Gasteiger partial charge on any atom is 0.285 e. The number of benzene rings is 2. The van der Waals surface area contributed by atoms with E-state index in [4.69, 9.17) is 9.47 Å². The van der Waals surface area contributed by atoms with Gasteiger partial charge in [0, 0.05) is 12.3 Å². The van der Waals surface area contributed by atoms with Crippen molar-refractivity contribution in [1.29, 1.82) is 0 Å². The van der Waals surface area contributed by atoms with Gasteiger partial charge in [0.1, 0.15) is 28.4 Å². The van der Waals surface area contributed by atoms with E-state index in [9.17, 15) is 4.79 Å². The number of para-hydroxylation sites is 1. The van der Waals surface area contributed by atoms with Crippen molar-refractivity contribution in [3.05, 3.63) is 54.2 Å². The standard InChI is InChI=1S/C20H18N6O3S/c1-28-12-8-9-15(17(10-12)29-2)22-18-13(11-21-20(23-18)30-3)19(27)26-16-7-5-4-6-14(16)24-25-26/h4-11H,1-3H3,(H,21,22,23). The number of hydrogen-bond acceptors (Lipinski definition) is 9. The summed E-state index contributed by atoms with van der Waals surface area (Å²) < 4.78 is 11.9. The third-order valence-electron chi connectivity index (χ3n) is 4.39. The van der Waals surface area contributed by atoms with Gasteiger partial charge in [0.05, 0.1) is 25.4 Å². The summed E-state index contributed by atoms with van der Waals surface area (Å²) in [5.74, 6) is 1.13. The third-order valence-corrected chi connectivity index (χ3v) is 4.95. The Morgan fingerprint density at radius 3 is 2.73 bits per heavy atom. The van der Waals surface area contributed by atoms with E-state index in [2.05, 4.69) is 25.6 Å². The lowest BCUT2D eigenvalue weighted by Gasteiger charge is -2.14. The van der Waals surface area contributed by atoms with Crippen LogP contribution in [0.1, 0.15) is 10.4 Å². The smallest absolute Gasteiger partial charge is 0.285 e. The number of nitrogens with zero attached hydrogens (tertiary/aromatic N) is 5. The van der Waals surface area contributed by atoms with Crippen LogP contribution in [-0.2, 0) is 0 Å². The molecule has 0 fully saturated rings. The predicted molar refractivity (Wildman–Crippen MR) is 114 cm³/mol. The first-order valence-corrected chi connectivity index (χ1v) is 10.1. The molecule has 30 heavy (non-hydrogen) atoms. The molecule has 2 aromatic heterocycles. The molecule has 0 unspecified atom stereocenters. The van der Waals surface area contributed by atoms with Gasteiger partial charge in [0.15, 0.2) is 5.16 Å². The van der Waals surface area contributed by atoms with Gasteiger partial charge >= 0.3 is 0 Å². The molecule has 0 aliphatic carbocycles. The second-order valence-corrected chi connectivity index (χ2v) is 6.88. The van der Waals surface area contributed by atoms with Crippen LogP contribution >= 0.6 is 11.8 Å². The number of anilines is 2. The lowest BCUT2D eigenvalue weighted by atomic mass is 10.2. The molecule has 1 N–H and O–H groups in total. The summed E-state index contributed by atoms with van der Waals surface area (Å²) in [6.07, 6.45) is 3.34. The van der Waals surface area contributed by atoms with Gasteiger partial charge < -0.3 is 14.8 Å². The molecule has 0 aliphatic rings. The van der Waals surface area contributed by atoms with Crippen molar-refractivity contribution in [3.8, 4) is 11.5 Å². The Hall–Kier alpha value is -3.66. The Morgan fingerprint density at radius 2 is 1.97 bits per heavy atom. The van der Waals surface area contributed by atoms with Crippen molar-refractivity contribution in [2.45, 2.75) is 5.16 Å². The Kier molecular flexibility index (Phi) is 5.48. The van der Waals surface area contributed by atoms with E-state index in [-0.39, 0.29) is 5.56 Å². The fraction of sp³-hybridized carbons (Fsp3) is 0.150. The minimum absolute atomic E-state index is 0.251. The van der Waals surface area contributed by atoms with Crippen molar-refractivity contribution in [2.75, 3.05) is 25.8 Å². The summed E-state index contributed by atoms with van der Waals surface area (Å²) in [4.78, 5) is 22.0. The van der Waals surface area contributed by atoms with E-state index in [1.165, 1.54) is 22.6 Å². The summed E-state index contributed by atoms with van der Waals surface area (Å²) in [5.41, 5.74) is 2.10. The molecule has 0 saturated carbocycles. The predicted octanol–water partition coefficient (Wildman–Crippen LogP) is 3.39. The van der Waals surface area contributed by atoms with E-state index in [1.54, 1.807) is 44.6 Å². The SMILES string of the molecule is COc1ccc(Nc2nc(SC)ncc2C(=O)n2nnc3ccccc32)c(OC)c1. The fourth-order valence-electron chi connectivity index (χ4n) is 2.88. The topological polar surface area (TPSA) is 104 Å². The van der Waals surface area contributed by atoms with Crippen molar-refractivity contribution in [1.82, 2.24) is 25.0 Å². The molecular weight excluding hydrogens is 404 g/mol. The molecule has 0 radical (unpaired) electrons. The van der Waals surface area contributed by atoms with E-state index in [0.717, 1.165) is 0 Å². The molecule has 2 heterocycles. The van der Waals surface area contributed by atoms with Gasteiger partial charge in [0.2, 0.25) is 0 Å². The monoisotopic (exact) mass is 422 g/mol. The number of rotatable bonds is 6. The first-order valence-electron chi connectivity index (χ1n) is 8.90. The average Bonchev–Trinajstić information content (AvgIpc) is 3.23. The molecule has 0 amide bonds. The molecule has 10 heteroatoms.